The summed E-state index contributed by atoms with van der Waals surface area (Å²) >= 11 is 6.62. The lowest BCUT2D eigenvalue weighted by molar-refractivity contribution is 0.414. The third-order valence-corrected chi connectivity index (χ3v) is 7.35. The van der Waals surface area contributed by atoms with Gasteiger partial charge in [-0.2, -0.15) is 8.42 Å². The van der Waals surface area contributed by atoms with E-state index in [-0.39, 0.29) is 38.9 Å². The van der Waals surface area contributed by atoms with Gasteiger partial charge < -0.3 is 17.9 Å². The van der Waals surface area contributed by atoms with Crippen LogP contribution in [0.3, 0.4) is 0 Å². The summed E-state index contributed by atoms with van der Waals surface area (Å²) in [5, 5.41) is 0.466. The van der Waals surface area contributed by atoms with Gasteiger partial charge in [-0.25, -0.2) is 4.98 Å². The lowest BCUT2D eigenvalue weighted by Crippen LogP contribution is -2.25. The second-order valence-electron chi connectivity index (χ2n) is 8.18. The zero-order chi connectivity index (χ0) is 26.2. The summed E-state index contributed by atoms with van der Waals surface area (Å²) in [6, 6.07) is 19.9. The van der Waals surface area contributed by atoms with Gasteiger partial charge in [0.25, 0.3) is 5.56 Å². The molecule has 0 fully saturated rings. The van der Waals surface area contributed by atoms with E-state index in [9.17, 15) is 13.2 Å². The molecule has 0 amide bonds. The van der Waals surface area contributed by atoms with Gasteiger partial charge in [0, 0.05) is 6.92 Å². The number of hydrogen-bond acceptors (Lipinski definition) is 7. The summed E-state index contributed by atoms with van der Waals surface area (Å²) in [7, 11) is -2.75. The minimum atomic E-state index is -4.32. The highest BCUT2D eigenvalue weighted by Crippen LogP contribution is 2.39. The van der Waals surface area contributed by atoms with E-state index >= 15 is 0 Å². The molecule has 188 valence electrons. The summed E-state index contributed by atoms with van der Waals surface area (Å²) in [4.78, 5) is 18.2. The minimum Gasteiger partial charge on any atom is -0.497 e. The maximum absolute atomic E-state index is 14.0. The number of hydrogen-bond donors (Lipinski definition) is 0. The van der Waals surface area contributed by atoms with Crippen molar-refractivity contribution >= 4 is 32.6 Å². The average molecular weight is 537 g/mol. The number of fused-ring (bicyclic) bond motifs is 1. The monoisotopic (exact) mass is 536 g/mol. The molecular weight excluding hydrogens is 516 g/mol. The first kappa shape index (κ1) is 24.6. The van der Waals surface area contributed by atoms with E-state index in [0.29, 0.717) is 17.2 Å². The zero-order valence-corrected chi connectivity index (χ0v) is 21.4. The number of ether oxygens (including phenoxy) is 1. The molecule has 0 saturated heterocycles. The number of oxazole rings is 1. The van der Waals surface area contributed by atoms with Crippen LogP contribution in [0.4, 0.5) is 0 Å². The molecule has 0 N–H and O–H groups in total. The zero-order valence-electron chi connectivity index (χ0n) is 19.8. The Bertz CT molecular complexity index is 1760. The molecule has 0 bridgehead atoms. The van der Waals surface area contributed by atoms with Crippen molar-refractivity contribution in [3.8, 4) is 22.8 Å². The van der Waals surface area contributed by atoms with Crippen molar-refractivity contribution in [3.63, 3.8) is 0 Å². The molecule has 37 heavy (non-hydrogen) atoms. The van der Waals surface area contributed by atoms with Gasteiger partial charge in [0.2, 0.25) is 0 Å². The van der Waals surface area contributed by atoms with Gasteiger partial charge in [-0.05, 0) is 42.0 Å². The fourth-order valence-corrected chi connectivity index (χ4v) is 5.26. The first-order valence-electron chi connectivity index (χ1n) is 11.2. The minimum absolute atomic E-state index is 0.0695. The predicted octanol–water partition coefficient (Wildman–Crippen LogP) is 5.44. The molecule has 0 aliphatic carbocycles. The van der Waals surface area contributed by atoms with Crippen LogP contribution < -0.4 is 14.5 Å². The summed E-state index contributed by atoms with van der Waals surface area (Å²) in [6.45, 7) is 1.80. The Morgan fingerprint density at radius 3 is 2.38 bits per heavy atom. The van der Waals surface area contributed by atoms with Gasteiger partial charge in [0.1, 0.15) is 28.2 Å². The number of rotatable bonds is 7. The summed E-state index contributed by atoms with van der Waals surface area (Å²) in [5.74, 6) is 0.763. The second-order valence-corrected chi connectivity index (χ2v) is 10.1. The van der Waals surface area contributed by atoms with E-state index in [1.54, 1.807) is 62.6 Å². The Hall–Kier alpha value is -4.08. The van der Waals surface area contributed by atoms with Crippen molar-refractivity contribution < 1.29 is 21.8 Å². The Labute approximate surface area is 217 Å². The molecule has 0 spiro atoms. The van der Waals surface area contributed by atoms with Crippen LogP contribution in [0.2, 0.25) is 5.02 Å². The molecule has 2 heterocycles. The van der Waals surface area contributed by atoms with E-state index in [1.165, 1.54) is 23.0 Å². The number of methoxy groups -OCH3 is 1. The molecule has 3 aromatic carbocycles. The van der Waals surface area contributed by atoms with Crippen molar-refractivity contribution in [2.45, 2.75) is 18.4 Å². The molecule has 0 aliphatic rings. The molecule has 10 heteroatoms. The van der Waals surface area contributed by atoms with Crippen LogP contribution in [-0.2, 0) is 16.7 Å². The van der Waals surface area contributed by atoms with Crippen LogP contribution >= 0.6 is 11.6 Å². The van der Waals surface area contributed by atoms with Crippen LogP contribution in [-0.4, -0.2) is 25.1 Å². The Morgan fingerprint density at radius 2 is 1.73 bits per heavy atom. The van der Waals surface area contributed by atoms with Crippen molar-refractivity contribution in [2.24, 2.45) is 0 Å². The first-order chi connectivity index (χ1) is 17.8. The SMILES string of the molecule is COc1ccc(Cn2c(=O)c(-c3coc(C)n3)c(OS(=O)(=O)c3ccccc3)c3c(Cl)cccc32)cc1. The molecule has 0 unspecified atom stereocenters. The molecule has 0 radical (unpaired) electrons. The molecule has 5 rings (SSSR count). The first-order valence-corrected chi connectivity index (χ1v) is 13.0. The van der Waals surface area contributed by atoms with E-state index in [4.69, 9.17) is 24.9 Å². The molecule has 0 saturated carbocycles. The second kappa shape index (κ2) is 9.76. The molecule has 8 nitrogen and oxygen atoms in total. The van der Waals surface area contributed by atoms with Gasteiger partial charge in [0.15, 0.2) is 11.6 Å². The van der Waals surface area contributed by atoms with E-state index < -0.39 is 15.7 Å². The van der Waals surface area contributed by atoms with Crippen LogP contribution in [0, 0.1) is 6.92 Å². The maximum Gasteiger partial charge on any atom is 0.339 e. The van der Waals surface area contributed by atoms with E-state index in [2.05, 4.69) is 4.98 Å². The number of pyridine rings is 1. The van der Waals surface area contributed by atoms with Gasteiger partial charge in [-0.3, -0.25) is 4.79 Å². The standard InChI is InChI=1S/C27H21ClN2O6S/c1-17-29-22(16-35-17)25-26(36-37(32,33)20-7-4-3-5-8-20)24-21(28)9-6-10-23(24)30(27(25)31)15-18-11-13-19(34-2)14-12-18/h3-14,16H,15H2,1-2H3. The number of aryl methyl sites for hydroxylation is 1. The average Bonchev–Trinajstić information content (AvgIpc) is 3.32. The van der Waals surface area contributed by atoms with Crippen molar-refractivity contribution in [1.29, 1.82) is 0 Å². The molecule has 0 atom stereocenters. The largest absolute Gasteiger partial charge is 0.497 e. The molecule has 5 aromatic rings. The van der Waals surface area contributed by atoms with Gasteiger partial charge >= 0.3 is 10.1 Å². The summed E-state index contributed by atoms with van der Waals surface area (Å²) in [5.41, 5.74) is 0.751. The maximum atomic E-state index is 14.0. The lowest BCUT2D eigenvalue weighted by atomic mass is 10.1. The third-order valence-electron chi connectivity index (χ3n) is 5.80. The highest BCUT2D eigenvalue weighted by molar-refractivity contribution is 7.87. The Morgan fingerprint density at radius 1 is 1.00 bits per heavy atom. The van der Waals surface area contributed by atoms with Crippen LogP contribution in [0.25, 0.3) is 22.2 Å². The topological polar surface area (TPSA) is 101 Å². The molecule has 0 aliphatic heterocycles. The van der Waals surface area contributed by atoms with Crippen molar-refractivity contribution in [2.75, 3.05) is 7.11 Å². The lowest BCUT2D eigenvalue weighted by Gasteiger charge is -2.18. The number of aromatic nitrogens is 2. The molecular formula is C27H21ClN2O6S. The fourth-order valence-electron chi connectivity index (χ4n) is 4.03. The Kier molecular flexibility index (Phi) is 6.49. The van der Waals surface area contributed by atoms with Crippen molar-refractivity contribution in [3.05, 3.63) is 106 Å². The quantitative estimate of drug-likeness (QED) is 0.255. The summed E-state index contributed by atoms with van der Waals surface area (Å²) < 4.78 is 44.3. The number of halogens is 1. The third kappa shape index (κ3) is 4.71. The number of nitrogens with zero attached hydrogens (tertiary/aromatic N) is 2. The van der Waals surface area contributed by atoms with Crippen LogP contribution in [0.1, 0.15) is 11.5 Å². The van der Waals surface area contributed by atoms with Crippen LogP contribution in [0.15, 0.2) is 93.2 Å². The van der Waals surface area contributed by atoms with Crippen LogP contribution in [0.5, 0.6) is 11.5 Å². The highest BCUT2D eigenvalue weighted by Gasteiger charge is 2.28. The highest BCUT2D eigenvalue weighted by atomic mass is 35.5. The van der Waals surface area contributed by atoms with Crippen molar-refractivity contribution in [1.82, 2.24) is 9.55 Å². The van der Waals surface area contributed by atoms with E-state index in [0.717, 1.165) is 5.56 Å². The predicted molar refractivity (Wildman–Crippen MR) is 140 cm³/mol. The normalized spacial score (nSPS) is 11.5. The summed E-state index contributed by atoms with van der Waals surface area (Å²) in [6.07, 6.45) is 1.29. The van der Waals surface area contributed by atoms with E-state index in [1.807, 2.05) is 12.1 Å². The van der Waals surface area contributed by atoms with Gasteiger partial charge in [-0.1, -0.05) is 48.0 Å². The van der Waals surface area contributed by atoms with Gasteiger partial charge in [-0.15, -0.1) is 0 Å². The Balaban J connectivity index is 1.80. The smallest absolute Gasteiger partial charge is 0.339 e. The molecule has 2 aromatic heterocycles. The number of benzene rings is 3. The van der Waals surface area contributed by atoms with Gasteiger partial charge in [0.05, 0.1) is 29.6 Å². The fraction of sp³-hybridized carbons (Fsp3) is 0.111.